The zero-order chi connectivity index (χ0) is 27.2. The second kappa shape index (κ2) is 11.8. The quantitative estimate of drug-likeness (QED) is 0.108. The Morgan fingerprint density at radius 2 is 1.36 bits per heavy atom. The average molecular weight is 539 g/mol. The molecule has 1 aromatic heterocycles. The number of ether oxygens (including phenoxy) is 4. The molecule has 0 unspecified atom stereocenters. The minimum absolute atomic E-state index is 0.0828. The van der Waals surface area contributed by atoms with E-state index >= 15 is 0 Å². The van der Waals surface area contributed by atoms with Crippen LogP contribution in [0.25, 0.3) is 20.5 Å². The molecule has 1 heterocycles. The van der Waals surface area contributed by atoms with Crippen molar-refractivity contribution in [1.82, 2.24) is 0 Å². The van der Waals surface area contributed by atoms with Gasteiger partial charge in [-0.3, -0.25) is 4.79 Å². The third-order valence-corrected chi connectivity index (χ3v) is 7.39. The molecule has 0 aliphatic heterocycles. The van der Waals surface area contributed by atoms with E-state index in [2.05, 4.69) is 0 Å². The number of esters is 1. The Bertz CT molecular complexity index is 1590. The number of ketones is 1. The van der Waals surface area contributed by atoms with Crippen LogP contribution in [0, 0.1) is 0 Å². The SMILES string of the molecule is COc1ccc(-c2sc3cc(OC)ccc3c2C(=O)c2ccc(OCCOC(=O)c3ccccc3)cc2)cc1. The predicted octanol–water partition coefficient (Wildman–Crippen LogP) is 7.05. The summed E-state index contributed by atoms with van der Waals surface area (Å²) in [5, 5.41) is 0.872. The monoisotopic (exact) mass is 538 g/mol. The Balaban J connectivity index is 1.33. The number of methoxy groups -OCH3 is 2. The molecule has 196 valence electrons. The van der Waals surface area contributed by atoms with Gasteiger partial charge in [0.05, 0.1) is 19.8 Å². The van der Waals surface area contributed by atoms with Gasteiger partial charge in [-0.1, -0.05) is 18.2 Å². The number of rotatable bonds is 10. The van der Waals surface area contributed by atoms with Crippen LogP contribution in [-0.4, -0.2) is 39.2 Å². The van der Waals surface area contributed by atoms with Gasteiger partial charge in [0, 0.05) is 26.1 Å². The summed E-state index contributed by atoms with van der Waals surface area (Å²) in [5.74, 6) is 1.59. The molecule has 0 atom stereocenters. The molecule has 0 aliphatic carbocycles. The van der Waals surface area contributed by atoms with Gasteiger partial charge < -0.3 is 18.9 Å². The largest absolute Gasteiger partial charge is 0.497 e. The van der Waals surface area contributed by atoms with Gasteiger partial charge in [-0.25, -0.2) is 4.79 Å². The van der Waals surface area contributed by atoms with Crippen LogP contribution in [0.2, 0.25) is 0 Å². The fraction of sp³-hybridized carbons (Fsp3) is 0.125. The maximum absolute atomic E-state index is 13.8. The molecular formula is C32H26O6S. The van der Waals surface area contributed by atoms with Gasteiger partial charge in [-0.05, 0) is 84.4 Å². The van der Waals surface area contributed by atoms with Crippen molar-refractivity contribution in [2.75, 3.05) is 27.4 Å². The smallest absolute Gasteiger partial charge is 0.338 e. The normalized spacial score (nSPS) is 10.7. The highest BCUT2D eigenvalue weighted by Crippen LogP contribution is 2.41. The van der Waals surface area contributed by atoms with Crippen molar-refractivity contribution in [1.29, 1.82) is 0 Å². The number of benzene rings is 4. The molecular weight excluding hydrogens is 512 g/mol. The summed E-state index contributed by atoms with van der Waals surface area (Å²) in [7, 11) is 3.25. The summed E-state index contributed by atoms with van der Waals surface area (Å²) in [6, 6.07) is 29.2. The third kappa shape index (κ3) is 5.78. The Kier molecular flexibility index (Phi) is 7.89. The maximum Gasteiger partial charge on any atom is 0.338 e. The van der Waals surface area contributed by atoms with E-state index < -0.39 is 5.97 Å². The molecule has 0 aliphatic rings. The number of carbonyl (C=O) groups excluding carboxylic acids is 2. The van der Waals surface area contributed by atoms with Crippen LogP contribution in [0.5, 0.6) is 17.2 Å². The average Bonchev–Trinajstić information content (AvgIpc) is 3.38. The van der Waals surface area contributed by atoms with Crippen molar-refractivity contribution >= 4 is 33.2 Å². The highest BCUT2D eigenvalue weighted by atomic mass is 32.1. The summed E-state index contributed by atoms with van der Waals surface area (Å²) < 4.78 is 22.6. The zero-order valence-corrected chi connectivity index (χ0v) is 22.3. The first-order chi connectivity index (χ1) is 19.1. The van der Waals surface area contributed by atoms with E-state index in [0.29, 0.717) is 22.4 Å². The van der Waals surface area contributed by atoms with Crippen molar-refractivity contribution in [3.05, 3.63) is 114 Å². The highest BCUT2D eigenvalue weighted by molar-refractivity contribution is 7.22. The summed E-state index contributed by atoms with van der Waals surface area (Å²) in [6.45, 7) is 0.314. The van der Waals surface area contributed by atoms with E-state index in [-0.39, 0.29) is 19.0 Å². The standard InChI is InChI=1S/C32H26O6S/c1-35-24-12-10-22(11-13-24)31-29(27-17-16-26(36-2)20-28(27)39-31)30(33)21-8-14-25(15-9-21)37-18-19-38-32(34)23-6-4-3-5-7-23/h3-17,20H,18-19H2,1-2H3. The van der Waals surface area contributed by atoms with Gasteiger partial charge >= 0.3 is 5.97 Å². The first kappa shape index (κ1) is 26.0. The van der Waals surface area contributed by atoms with E-state index in [4.69, 9.17) is 18.9 Å². The molecule has 39 heavy (non-hydrogen) atoms. The Morgan fingerprint density at radius 3 is 2.05 bits per heavy atom. The Hall–Kier alpha value is -4.62. The number of carbonyl (C=O) groups is 2. The second-order valence-corrected chi connectivity index (χ2v) is 9.65. The van der Waals surface area contributed by atoms with E-state index in [1.165, 1.54) is 0 Å². The van der Waals surface area contributed by atoms with Gasteiger partial charge in [0.15, 0.2) is 5.78 Å². The van der Waals surface area contributed by atoms with E-state index in [1.54, 1.807) is 74.1 Å². The van der Waals surface area contributed by atoms with Crippen molar-refractivity contribution in [3.8, 4) is 27.7 Å². The fourth-order valence-electron chi connectivity index (χ4n) is 4.17. The minimum Gasteiger partial charge on any atom is -0.497 e. The lowest BCUT2D eigenvalue weighted by Gasteiger charge is -2.09. The van der Waals surface area contributed by atoms with Crippen LogP contribution >= 0.6 is 11.3 Å². The molecule has 0 fully saturated rings. The van der Waals surface area contributed by atoms with E-state index in [9.17, 15) is 9.59 Å². The molecule has 0 saturated carbocycles. The Morgan fingerprint density at radius 1 is 0.692 bits per heavy atom. The molecule has 5 aromatic rings. The molecule has 5 rings (SSSR count). The highest BCUT2D eigenvalue weighted by Gasteiger charge is 2.22. The van der Waals surface area contributed by atoms with Crippen molar-refractivity contribution in [2.45, 2.75) is 0 Å². The summed E-state index contributed by atoms with van der Waals surface area (Å²) in [5.41, 5.74) is 2.62. The third-order valence-electron chi connectivity index (χ3n) is 6.19. The zero-order valence-electron chi connectivity index (χ0n) is 21.5. The van der Waals surface area contributed by atoms with Crippen LogP contribution in [0.4, 0.5) is 0 Å². The number of hydrogen-bond donors (Lipinski definition) is 0. The van der Waals surface area contributed by atoms with Gasteiger partial charge in [0.2, 0.25) is 0 Å². The van der Waals surface area contributed by atoms with Crippen molar-refractivity contribution < 1.29 is 28.5 Å². The van der Waals surface area contributed by atoms with Gasteiger partial charge in [0.25, 0.3) is 0 Å². The lowest BCUT2D eigenvalue weighted by molar-refractivity contribution is 0.0450. The fourth-order valence-corrected chi connectivity index (χ4v) is 5.41. The first-order valence-corrected chi connectivity index (χ1v) is 13.1. The van der Waals surface area contributed by atoms with Crippen LogP contribution in [-0.2, 0) is 4.74 Å². The summed E-state index contributed by atoms with van der Waals surface area (Å²) >= 11 is 1.55. The topological polar surface area (TPSA) is 71.1 Å². The molecule has 6 nitrogen and oxygen atoms in total. The minimum atomic E-state index is -0.395. The van der Waals surface area contributed by atoms with Crippen LogP contribution in [0.3, 0.4) is 0 Å². The van der Waals surface area contributed by atoms with Crippen molar-refractivity contribution in [3.63, 3.8) is 0 Å². The van der Waals surface area contributed by atoms with Gasteiger partial charge in [-0.2, -0.15) is 0 Å². The molecule has 7 heteroatoms. The van der Waals surface area contributed by atoms with Gasteiger partial charge in [0.1, 0.15) is 30.5 Å². The van der Waals surface area contributed by atoms with Gasteiger partial charge in [-0.15, -0.1) is 11.3 Å². The lowest BCUT2D eigenvalue weighted by Crippen LogP contribution is -2.12. The van der Waals surface area contributed by atoms with E-state index in [1.807, 2.05) is 48.5 Å². The summed E-state index contributed by atoms with van der Waals surface area (Å²) in [6.07, 6.45) is 0. The predicted molar refractivity (Wildman–Crippen MR) is 152 cm³/mol. The second-order valence-electron chi connectivity index (χ2n) is 8.60. The molecule has 0 saturated heterocycles. The molecule has 0 N–H and O–H groups in total. The van der Waals surface area contributed by atoms with E-state index in [0.717, 1.165) is 32.0 Å². The van der Waals surface area contributed by atoms with Crippen LogP contribution in [0.1, 0.15) is 26.3 Å². The molecule has 4 aromatic carbocycles. The van der Waals surface area contributed by atoms with Crippen LogP contribution < -0.4 is 14.2 Å². The molecule has 0 spiro atoms. The molecule has 0 amide bonds. The lowest BCUT2D eigenvalue weighted by atomic mass is 9.97. The van der Waals surface area contributed by atoms with Crippen LogP contribution in [0.15, 0.2) is 97.1 Å². The number of fused-ring (bicyclic) bond motifs is 1. The first-order valence-electron chi connectivity index (χ1n) is 12.3. The van der Waals surface area contributed by atoms with Crippen molar-refractivity contribution in [2.24, 2.45) is 0 Å². The Labute approximate surface area is 230 Å². The number of thiophene rings is 1. The number of hydrogen-bond acceptors (Lipinski definition) is 7. The molecule has 0 bridgehead atoms. The summed E-state index contributed by atoms with van der Waals surface area (Å²) in [4.78, 5) is 26.8. The molecule has 0 radical (unpaired) electrons. The maximum atomic E-state index is 13.8.